The van der Waals surface area contributed by atoms with E-state index in [0.717, 1.165) is 33.4 Å². The summed E-state index contributed by atoms with van der Waals surface area (Å²) in [6.45, 7) is 8.04. The van der Waals surface area contributed by atoms with Crippen molar-refractivity contribution in [1.29, 1.82) is 0 Å². The molecule has 3 aromatic rings. The molecule has 2 aromatic carbocycles. The van der Waals surface area contributed by atoms with Crippen LogP contribution in [0.5, 0.6) is 0 Å². The van der Waals surface area contributed by atoms with Gasteiger partial charge in [-0.15, -0.1) is 11.8 Å². The molecule has 0 unspecified atom stereocenters. The summed E-state index contributed by atoms with van der Waals surface area (Å²) >= 11 is 3.30. The number of carbonyl (C=O) groups is 1. The van der Waals surface area contributed by atoms with Crippen LogP contribution in [0.1, 0.15) is 28.1 Å². The van der Waals surface area contributed by atoms with E-state index in [1.807, 2.05) is 38.1 Å². The first kappa shape index (κ1) is 20.6. The molecule has 0 saturated carbocycles. The van der Waals surface area contributed by atoms with E-state index in [4.69, 9.17) is 4.52 Å². The van der Waals surface area contributed by atoms with Gasteiger partial charge in [-0.1, -0.05) is 29.1 Å². The minimum absolute atomic E-state index is 0.00769. The van der Waals surface area contributed by atoms with Gasteiger partial charge in [0.15, 0.2) is 0 Å². The van der Waals surface area contributed by atoms with Gasteiger partial charge in [0.25, 0.3) is 0 Å². The van der Waals surface area contributed by atoms with Crippen molar-refractivity contribution in [3.63, 3.8) is 0 Å². The first-order chi connectivity index (χ1) is 13.4. The van der Waals surface area contributed by atoms with Crippen LogP contribution >= 0.6 is 23.5 Å². The van der Waals surface area contributed by atoms with Crippen molar-refractivity contribution >= 4 is 35.1 Å². The Hall–Kier alpha value is -2.18. The number of aromatic nitrogens is 1. The summed E-state index contributed by atoms with van der Waals surface area (Å²) in [5.41, 5.74) is 5.30. The van der Waals surface area contributed by atoms with Crippen LogP contribution in [0.3, 0.4) is 0 Å². The maximum atomic E-state index is 12.2. The third-order valence-electron chi connectivity index (χ3n) is 4.37. The molecule has 1 N–H and O–H groups in total. The van der Waals surface area contributed by atoms with Gasteiger partial charge in [0, 0.05) is 26.8 Å². The van der Waals surface area contributed by atoms with E-state index < -0.39 is 0 Å². The predicted octanol–water partition coefficient (Wildman–Crippen LogP) is 5.93. The largest absolute Gasteiger partial charge is 0.361 e. The Morgan fingerprint density at radius 2 is 1.82 bits per heavy atom. The molecule has 1 heterocycles. The molecule has 0 saturated heterocycles. The molecule has 1 aromatic heterocycles. The fourth-order valence-corrected chi connectivity index (χ4v) is 4.68. The summed E-state index contributed by atoms with van der Waals surface area (Å²) in [6.07, 6.45) is 0. The third kappa shape index (κ3) is 5.42. The number of aryl methyl sites for hydroxylation is 4. The van der Waals surface area contributed by atoms with Crippen LogP contribution in [0.15, 0.2) is 56.8 Å². The molecule has 0 aliphatic heterocycles. The standard InChI is InChI=1S/C22H24N2O2S2/c1-14-5-6-15(2)21(11-14)28-19-9-7-18(8-10-19)23-22(25)13-27-12-20-16(3)24-26-17(20)4/h5-11H,12-13H2,1-4H3,(H,23,25). The molecule has 6 heteroatoms. The number of anilines is 1. The predicted molar refractivity (Wildman–Crippen MR) is 117 cm³/mol. The van der Waals surface area contributed by atoms with E-state index in [1.165, 1.54) is 16.0 Å². The highest BCUT2D eigenvalue weighted by Gasteiger charge is 2.10. The van der Waals surface area contributed by atoms with Crippen LogP contribution in [0, 0.1) is 27.7 Å². The minimum atomic E-state index is -0.00769. The summed E-state index contributed by atoms with van der Waals surface area (Å²) < 4.78 is 5.15. The van der Waals surface area contributed by atoms with Gasteiger partial charge in [0.1, 0.15) is 5.76 Å². The lowest BCUT2D eigenvalue weighted by Crippen LogP contribution is -2.14. The molecule has 0 aliphatic carbocycles. The highest BCUT2D eigenvalue weighted by Crippen LogP contribution is 2.31. The quantitative estimate of drug-likeness (QED) is 0.521. The lowest BCUT2D eigenvalue weighted by molar-refractivity contribution is -0.113. The second kappa shape index (κ2) is 9.34. The zero-order chi connectivity index (χ0) is 20.1. The molecule has 0 atom stereocenters. The van der Waals surface area contributed by atoms with Gasteiger partial charge in [0.2, 0.25) is 5.91 Å². The maximum Gasteiger partial charge on any atom is 0.234 e. The topological polar surface area (TPSA) is 55.1 Å². The number of carbonyl (C=O) groups excluding carboxylic acids is 1. The molecule has 0 fully saturated rings. The lowest BCUT2D eigenvalue weighted by atomic mass is 10.2. The van der Waals surface area contributed by atoms with Crippen molar-refractivity contribution in [1.82, 2.24) is 5.16 Å². The first-order valence-electron chi connectivity index (χ1n) is 9.07. The second-order valence-electron chi connectivity index (χ2n) is 6.74. The Morgan fingerprint density at radius 3 is 2.50 bits per heavy atom. The van der Waals surface area contributed by atoms with E-state index in [9.17, 15) is 4.79 Å². The first-order valence-corrected chi connectivity index (χ1v) is 11.0. The number of hydrogen-bond acceptors (Lipinski definition) is 5. The Bertz CT molecular complexity index is 946. The van der Waals surface area contributed by atoms with E-state index in [1.54, 1.807) is 23.5 Å². The number of nitrogens with zero attached hydrogens (tertiary/aromatic N) is 1. The van der Waals surface area contributed by atoms with Crippen molar-refractivity contribution in [3.05, 3.63) is 70.6 Å². The van der Waals surface area contributed by atoms with Crippen LogP contribution in [-0.2, 0) is 10.5 Å². The van der Waals surface area contributed by atoms with Gasteiger partial charge >= 0.3 is 0 Å². The molecule has 1 amide bonds. The second-order valence-corrected chi connectivity index (χ2v) is 8.84. The van der Waals surface area contributed by atoms with E-state index in [0.29, 0.717) is 5.75 Å². The van der Waals surface area contributed by atoms with E-state index >= 15 is 0 Å². The van der Waals surface area contributed by atoms with Gasteiger partial charge in [-0.05, 0) is 69.2 Å². The van der Waals surface area contributed by atoms with Crippen molar-refractivity contribution in [2.75, 3.05) is 11.1 Å². The molecular weight excluding hydrogens is 388 g/mol. The summed E-state index contributed by atoms with van der Waals surface area (Å²) in [4.78, 5) is 14.6. The number of amides is 1. The summed E-state index contributed by atoms with van der Waals surface area (Å²) in [5, 5.41) is 6.89. The number of thioether (sulfide) groups is 1. The highest BCUT2D eigenvalue weighted by molar-refractivity contribution is 7.99. The molecule has 0 spiro atoms. The molecule has 4 nitrogen and oxygen atoms in total. The summed E-state index contributed by atoms with van der Waals surface area (Å²) in [7, 11) is 0. The van der Waals surface area contributed by atoms with Crippen LogP contribution in [0.2, 0.25) is 0 Å². The molecule has 0 bridgehead atoms. The zero-order valence-electron chi connectivity index (χ0n) is 16.5. The van der Waals surface area contributed by atoms with E-state index in [2.05, 4.69) is 42.5 Å². The monoisotopic (exact) mass is 412 g/mol. The van der Waals surface area contributed by atoms with Gasteiger partial charge < -0.3 is 9.84 Å². The van der Waals surface area contributed by atoms with Crippen molar-refractivity contribution in [3.8, 4) is 0 Å². The van der Waals surface area contributed by atoms with Gasteiger partial charge in [0.05, 0.1) is 11.4 Å². The SMILES string of the molecule is Cc1ccc(C)c(Sc2ccc(NC(=O)CSCc3c(C)noc3C)cc2)c1. The Balaban J connectivity index is 1.51. The summed E-state index contributed by atoms with van der Waals surface area (Å²) in [6, 6.07) is 14.5. The molecule has 3 rings (SSSR count). The molecular formula is C22H24N2O2S2. The van der Waals surface area contributed by atoms with Crippen LogP contribution in [0.4, 0.5) is 5.69 Å². The lowest BCUT2D eigenvalue weighted by Gasteiger charge is -2.09. The highest BCUT2D eigenvalue weighted by atomic mass is 32.2. The van der Waals surface area contributed by atoms with Crippen molar-refractivity contribution in [2.24, 2.45) is 0 Å². The molecule has 146 valence electrons. The average molecular weight is 413 g/mol. The van der Waals surface area contributed by atoms with Crippen LogP contribution < -0.4 is 5.32 Å². The van der Waals surface area contributed by atoms with E-state index in [-0.39, 0.29) is 5.91 Å². The smallest absolute Gasteiger partial charge is 0.234 e. The molecule has 0 aliphatic rings. The molecule has 28 heavy (non-hydrogen) atoms. The van der Waals surface area contributed by atoms with Gasteiger partial charge in [-0.2, -0.15) is 0 Å². The van der Waals surface area contributed by atoms with Crippen LogP contribution in [-0.4, -0.2) is 16.8 Å². The Labute approximate surface area is 174 Å². The maximum absolute atomic E-state index is 12.2. The number of nitrogens with one attached hydrogen (secondary N) is 1. The number of hydrogen-bond donors (Lipinski definition) is 1. The van der Waals surface area contributed by atoms with Crippen LogP contribution in [0.25, 0.3) is 0 Å². The Morgan fingerprint density at radius 1 is 1.07 bits per heavy atom. The molecule has 0 radical (unpaired) electrons. The zero-order valence-corrected chi connectivity index (χ0v) is 18.2. The van der Waals surface area contributed by atoms with Gasteiger partial charge in [-0.3, -0.25) is 4.79 Å². The van der Waals surface area contributed by atoms with Gasteiger partial charge in [-0.25, -0.2) is 0 Å². The summed E-state index contributed by atoms with van der Waals surface area (Å²) in [5.74, 6) is 1.93. The Kier molecular flexibility index (Phi) is 6.86. The van der Waals surface area contributed by atoms with Crippen molar-refractivity contribution in [2.45, 2.75) is 43.2 Å². The fourth-order valence-electron chi connectivity index (χ4n) is 2.70. The van der Waals surface area contributed by atoms with Crippen molar-refractivity contribution < 1.29 is 9.32 Å². The minimum Gasteiger partial charge on any atom is -0.361 e. The fraction of sp³-hybridized carbons (Fsp3) is 0.273. The average Bonchev–Trinajstić information content (AvgIpc) is 2.98. The number of rotatable bonds is 7. The third-order valence-corrected chi connectivity index (χ3v) is 6.50. The number of benzene rings is 2. The normalized spacial score (nSPS) is 10.9.